The maximum absolute atomic E-state index is 12.5. The van der Waals surface area contributed by atoms with Crippen LogP contribution in [0.5, 0.6) is 0 Å². The van der Waals surface area contributed by atoms with Crippen molar-refractivity contribution < 1.29 is 20.1 Å². The summed E-state index contributed by atoms with van der Waals surface area (Å²) in [5, 5.41) is 33.6. The van der Waals surface area contributed by atoms with Crippen LogP contribution in [-0.2, 0) is 4.79 Å². The van der Waals surface area contributed by atoms with E-state index in [4.69, 9.17) is 0 Å². The number of nitrogens with one attached hydrogen (secondary N) is 1. The number of unbranched alkanes of at least 4 members (excludes halogenated alkanes) is 39. The van der Waals surface area contributed by atoms with Crippen LogP contribution in [0.4, 0.5) is 0 Å². The van der Waals surface area contributed by atoms with E-state index in [1.165, 1.54) is 244 Å². The minimum absolute atomic E-state index is 0.0356. The number of amides is 1. The third-order valence-electron chi connectivity index (χ3n) is 13.3. The lowest BCUT2D eigenvalue weighted by Gasteiger charge is -2.23. The Morgan fingerprint density at radius 1 is 0.403 bits per heavy atom. The van der Waals surface area contributed by atoms with Crippen LogP contribution in [0.2, 0.25) is 0 Å². The summed E-state index contributed by atoms with van der Waals surface area (Å²) >= 11 is 0. The molecule has 0 aromatic heterocycles. The molecule has 0 aliphatic carbocycles. The molecule has 3 unspecified atom stereocenters. The average Bonchev–Trinajstić information content (AvgIpc) is 3.27. The van der Waals surface area contributed by atoms with Crippen molar-refractivity contribution in [1.29, 1.82) is 0 Å². The number of aliphatic hydroxyl groups excluding tert-OH is 3. The highest BCUT2D eigenvalue weighted by Gasteiger charge is 2.21. The van der Waals surface area contributed by atoms with Gasteiger partial charge in [-0.25, -0.2) is 0 Å². The van der Waals surface area contributed by atoms with Gasteiger partial charge in [-0.05, 0) is 44.9 Å². The van der Waals surface area contributed by atoms with Gasteiger partial charge in [-0.1, -0.05) is 282 Å². The number of rotatable bonds is 52. The van der Waals surface area contributed by atoms with Crippen molar-refractivity contribution in [3.05, 3.63) is 24.3 Å². The largest absolute Gasteiger partial charge is 0.394 e. The van der Waals surface area contributed by atoms with Crippen LogP contribution in [0, 0.1) is 0 Å². The second kappa shape index (κ2) is 52.5. The van der Waals surface area contributed by atoms with Gasteiger partial charge < -0.3 is 20.6 Å². The molecule has 5 nitrogen and oxygen atoms in total. The fourth-order valence-electron chi connectivity index (χ4n) is 8.97. The van der Waals surface area contributed by atoms with Gasteiger partial charge in [0.15, 0.2) is 0 Å². The predicted octanol–water partition coefficient (Wildman–Crippen LogP) is 17.3. The van der Waals surface area contributed by atoms with Crippen molar-refractivity contribution >= 4 is 5.91 Å². The van der Waals surface area contributed by atoms with Crippen LogP contribution in [0.1, 0.15) is 309 Å². The van der Waals surface area contributed by atoms with E-state index in [0.717, 1.165) is 32.1 Å². The molecule has 0 aromatic carbocycles. The standard InChI is InChI=1S/C57H111NO4/c1-3-5-7-9-11-13-15-17-19-21-23-25-27-28-29-30-32-34-36-38-40-42-44-46-48-50-54(60)52-57(62)58-55(53-59)56(61)51-49-47-45-43-41-39-37-35-33-31-26-24-22-20-18-16-14-12-10-8-6-4-2/h23,25,28-29,54-56,59-61H,3-22,24,26-27,30-53H2,1-2H3,(H,58,62)/b25-23-,29-28-. The van der Waals surface area contributed by atoms with Crippen molar-refractivity contribution in [3.63, 3.8) is 0 Å². The van der Waals surface area contributed by atoms with Crippen LogP contribution in [0.25, 0.3) is 0 Å². The van der Waals surface area contributed by atoms with Crippen molar-refractivity contribution in [3.8, 4) is 0 Å². The molecule has 3 atom stereocenters. The molecule has 0 aliphatic rings. The Labute approximate surface area is 388 Å². The summed E-state index contributed by atoms with van der Waals surface area (Å²) < 4.78 is 0. The highest BCUT2D eigenvalue weighted by atomic mass is 16.3. The fraction of sp³-hybridized carbons (Fsp3) is 0.912. The van der Waals surface area contributed by atoms with E-state index in [-0.39, 0.29) is 18.9 Å². The quantitative estimate of drug-likeness (QED) is 0.0362. The van der Waals surface area contributed by atoms with Gasteiger partial charge in [0, 0.05) is 0 Å². The molecule has 62 heavy (non-hydrogen) atoms. The molecule has 1 amide bonds. The molecule has 0 aromatic rings. The third-order valence-corrected chi connectivity index (χ3v) is 13.3. The normalized spacial score (nSPS) is 13.4. The summed E-state index contributed by atoms with van der Waals surface area (Å²) in [6.45, 7) is 4.30. The Hall–Kier alpha value is -1.17. The maximum atomic E-state index is 12.5. The van der Waals surface area contributed by atoms with Crippen molar-refractivity contribution in [1.82, 2.24) is 5.32 Å². The molecule has 0 bridgehead atoms. The molecular weight excluding hydrogens is 763 g/mol. The molecule has 0 radical (unpaired) electrons. The molecular formula is C57H111NO4. The van der Waals surface area contributed by atoms with E-state index in [9.17, 15) is 20.1 Å². The summed E-state index contributed by atoms with van der Waals surface area (Å²) in [5.74, 6) is -0.281. The summed E-state index contributed by atoms with van der Waals surface area (Å²) in [6, 6.07) is -0.660. The molecule has 0 saturated heterocycles. The van der Waals surface area contributed by atoms with Crippen molar-refractivity contribution in [2.45, 2.75) is 327 Å². The lowest BCUT2D eigenvalue weighted by Crippen LogP contribution is -2.46. The Morgan fingerprint density at radius 2 is 0.694 bits per heavy atom. The number of hydrogen-bond donors (Lipinski definition) is 4. The first-order valence-corrected chi connectivity index (χ1v) is 28.1. The van der Waals surface area contributed by atoms with Gasteiger partial charge in [-0.2, -0.15) is 0 Å². The summed E-state index contributed by atoms with van der Waals surface area (Å²) in [5.41, 5.74) is 0. The zero-order chi connectivity index (χ0) is 45.1. The first-order chi connectivity index (χ1) is 30.5. The molecule has 0 rings (SSSR count). The molecule has 0 heterocycles. The first kappa shape index (κ1) is 60.8. The average molecular weight is 875 g/mol. The fourth-order valence-corrected chi connectivity index (χ4v) is 8.97. The summed E-state index contributed by atoms with van der Waals surface area (Å²) in [6.07, 6.45) is 66.1. The van der Waals surface area contributed by atoms with E-state index in [0.29, 0.717) is 12.8 Å². The summed E-state index contributed by atoms with van der Waals surface area (Å²) in [4.78, 5) is 12.5. The Kier molecular flexibility index (Phi) is 51.5. The van der Waals surface area contributed by atoms with Gasteiger partial charge in [0.1, 0.15) is 0 Å². The van der Waals surface area contributed by atoms with Gasteiger partial charge in [-0.15, -0.1) is 0 Å². The molecule has 4 N–H and O–H groups in total. The molecule has 368 valence electrons. The number of hydrogen-bond acceptors (Lipinski definition) is 4. The van der Waals surface area contributed by atoms with Gasteiger partial charge in [-0.3, -0.25) is 4.79 Å². The van der Waals surface area contributed by atoms with Gasteiger partial charge in [0.2, 0.25) is 5.91 Å². The van der Waals surface area contributed by atoms with E-state index in [1.807, 2.05) is 0 Å². The van der Waals surface area contributed by atoms with E-state index in [2.05, 4.69) is 43.5 Å². The van der Waals surface area contributed by atoms with Gasteiger partial charge in [0.25, 0.3) is 0 Å². The number of carbonyl (C=O) groups is 1. The van der Waals surface area contributed by atoms with Crippen LogP contribution in [-0.4, -0.2) is 46.1 Å². The minimum Gasteiger partial charge on any atom is -0.394 e. The maximum Gasteiger partial charge on any atom is 0.222 e. The monoisotopic (exact) mass is 874 g/mol. The molecule has 5 heteroatoms. The number of aliphatic hydroxyl groups is 3. The lowest BCUT2D eigenvalue weighted by molar-refractivity contribution is -0.125. The highest BCUT2D eigenvalue weighted by molar-refractivity contribution is 5.76. The van der Waals surface area contributed by atoms with Crippen LogP contribution >= 0.6 is 0 Å². The van der Waals surface area contributed by atoms with E-state index >= 15 is 0 Å². The first-order valence-electron chi connectivity index (χ1n) is 28.1. The predicted molar refractivity (Wildman–Crippen MR) is 273 cm³/mol. The highest BCUT2D eigenvalue weighted by Crippen LogP contribution is 2.18. The molecule has 0 fully saturated rings. The zero-order valence-corrected chi connectivity index (χ0v) is 42.0. The molecule has 0 spiro atoms. The summed E-state index contributed by atoms with van der Waals surface area (Å²) in [7, 11) is 0. The Bertz CT molecular complexity index is 920. The van der Waals surface area contributed by atoms with Crippen LogP contribution in [0.15, 0.2) is 24.3 Å². The number of carbonyl (C=O) groups excluding carboxylic acids is 1. The van der Waals surface area contributed by atoms with Crippen molar-refractivity contribution in [2.75, 3.05) is 6.61 Å². The van der Waals surface area contributed by atoms with E-state index < -0.39 is 18.2 Å². The second-order valence-corrected chi connectivity index (χ2v) is 19.6. The van der Waals surface area contributed by atoms with Gasteiger partial charge in [0.05, 0.1) is 31.3 Å². The Morgan fingerprint density at radius 3 is 1.02 bits per heavy atom. The van der Waals surface area contributed by atoms with Gasteiger partial charge >= 0.3 is 0 Å². The topological polar surface area (TPSA) is 89.8 Å². The van der Waals surface area contributed by atoms with E-state index in [1.54, 1.807) is 0 Å². The molecule has 0 aliphatic heterocycles. The van der Waals surface area contributed by atoms with Crippen LogP contribution in [0.3, 0.4) is 0 Å². The second-order valence-electron chi connectivity index (χ2n) is 19.6. The zero-order valence-electron chi connectivity index (χ0n) is 42.0. The Balaban J connectivity index is 3.54. The molecule has 0 saturated carbocycles. The minimum atomic E-state index is -0.750. The SMILES string of the molecule is CCCCCCCCCCC/C=C\C/C=C\CCCCCCCCCCCC(O)CC(=O)NC(CO)C(O)CCCCCCCCCCCCCCCCCCCCCCCC. The van der Waals surface area contributed by atoms with Crippen LogP contribution < -0.4 is 5.32 Å². The van der Waals surface area contributed by atoms with Crippen molar-refractivity contribution in [2.24, 2.45) is 0 Å². The third kappa shape index (κ3) is 48.3. The number of allylic oxidation sites excluding steroid dienone is 4. The lowest BCUT2D eigenvalue weighted by atomic mass is 10.0. The smallest absolute Gasteiger partial charge is 0.222 e.